The number of carbonyl (C=O) groups is 2. The van der Waals surface area contributed by atoms with Crippen LogP contribution in [0.3, 0.4) is 0 Å². The van der Waals surface area contributed by atoms with Crippen LogP contribution in [-0.2, 0) is 9.53 Å². The molecular weight excluding hydrogens is 360 g/mol. The van der Waals surface area contributed by atoms with Gasteiger partial charge in [0.1, 0.15) is 6.54 Å². The zero-order valence-electron chi connectivity index (χ0n) is 15.5. The molecule has 1 amide bonds. The Labute approximate surface area is 163 Å². The van der Waals surface area contributed by atoms with E-state index in [4.69, 9.17) is 9.84 Å². The highest BCUT2D eigenvalue weighted by molar-refractivity contribution is 5.95. The van der Waals surface area contributed by atoms with Crippen molar-refractivity contribution in [2.75, 3.05) is 44.7 Å². The molecule has 1 atom stereocenters. The maximum Gasteiger partial charge on any atom is 0.322 e. The van der Waals surface area contributed by atoms with E-state index in [9.17, 15) is 9.59 Å². The second kappa shape index (κ2) is 9.82. The van der Waals surface area contributed by atoms with Gasteiger partial charge in [-0.3, -0.25) is 19.5 Å². The van der Waals surface area contributed by atoms with Crippen molar-refractivity contribution in [2.24, 2.45) is 0 Å². The molecule has 1 aliphatic rings. The first-order valence-corrected chi connectivity index (χ1v) is 9.19. The van der Waals surface area contributed by atoms with Crippen LogP contribution in [0.15, 0.2) is 48.8 Å². The molecule has 0 aliphatic carbocycles. The lowest BCUT2D eigenvalue weighted by molar-refractivity contribution is -0.134. The minimum atomic E-state index is -0.958. The van der Waals surface area contributed by atoms with Crippen LogP contribution in [0.1, 0.15) is 22.0 Å². The number of amides is 1. The van der Waals surface area contributed by atoms with Crippen LogP contribution in [0.2, 0.25) is 0 Å². The summed E-state index contributed by atoms with van der Waals surface area (Å²) < 4.78 is 5.44. The highest BCUT2D eigenvalue weighted by Gasteiger charge is 2.23. The van der Waals surface area contributed by atoms with Gasteiger partial charge in [-0.25, -0.2) is 0 Å². The SMILES string of the molecule is O=C(O)CNc1cccc(C(=O)NC[C@@H](c2ccncc2)N2CCOCC2)c1. The number of benzene rings is 1. The molecule has 1 aromatic carbocycles. The number of ether oxygens (including phenoxy) is 1. The lowest BCUT2D eigenvalue weighted by Gasteiger charge is -2.34. The number of aromatic nitrogens is 1. The van der Waals surface area contributed by atoms with Crippen LogP contribution >= 0.6 is 0 Å². The Kier molecular flexibility index (Phi) is 6.94. The van der Waals surface area contributed by atoms with E-state index in [0.29, 0.717) is 31.0 Å². The van der Waals surface area contributed by atoms with Crippen LogP contribution < -0.4 is 10.6 Å². The molecule has 8 nitrogen and oxygen atoms in total. The van der Waals surface area contributed by atoms with Crippen LogP contribution in [0.5, 0.6) is 0 Å². The Bertz CT molecular complexity index is 794. The van der Waals surface area contributed by atoms with Gasteiger partial charge in [-0.15, -0.1) is 0 Å². The molecule has 0 spiro atoms. The molecule has 2 aromatic rings. The highest BCUT2D eigenvalue weighted by Crippen LogP contribution is 2.21. The Hall–Kier alpha value is -2.97. The summed E-state index contributed by atoms with van der Waals surface area (Å²) in [6, 6.07) is 10.8. The largest absolute Gasteiger partial charge is 0.480 e. The minimum absolute atomic E-state index is 0.0316. The van der Waals surface area contributed by atoms with Crippen molar-refractivity contribution in [3.05, 3.63) is 59.9 Å². The summed E-state index contributed by atoms with van der Waals surface area (Å²) in [4.78, 5) is 29.7. The van der Waals surface area contributed by atoms with E-state index < -0.39 is 5.97 Å². The Balaban J connectivity index is 1.66. The van der Waals surface area contributed by atoms with Gasteiger partial charge in [0.15, 0.2) is 0 Å². The molecule has 0 radical (unpaired) electrons. The highest BCUT2D eigenvalue weighted by atomic mass is 16.5. The lowest BCUT2D eigenvalue weighted by atomic mass is 10.1. The number of nitrogens with zero attached hydrogens (tertiary/aromatic N) is 2. The topological polar surface area (TPSA) is 104 Å². The molecule has 0 saturated carbocycles. The van der Waals surface area contributed by atoms with E-state index in [-0.39, 0.29) is 18.5 Å². The van der Waals surface area contributed by atoms with Crippen molar-refractivity contribution in [1.82, 2.24) is 15.2 Å². The summed E-state index contributed by atoms with van der Waals surface area (Å²) in [7, 11) is 0. The van der Waals surface area contributed by atoms with E-state index in [1.54, 1.807) is 36.7 Å². The first kappa shape index (κ1) is 19.8. The molecule has 0 unspecified atom stereocenters. The van der Waals surface area contributed by atoms with Gasteiger partial charge in [-0.1, -0.05) is 6.07 Å². The number of nitrogens with one attached hydrogen (secondary N) is 2. The summed E-state index contributed by atoms with van der Waals surface area (Å²) in [5.74, 6) is -1.16. The Morgan fingerprint density at radius 2 is 1.93 bits per heavy atom. The number of carboxylic acids is 1. The summed E-state index contributed by atoms with van der Waals surface area (Å²) >= 11 is 0. The minimum Gasteiger partial charge on any atom is -0.480 e. The van der Waals surface area contributed by atoms with Gasteiger partial charge in [0.25, 0.3) is 5.91 Å². The van der Waals surface area contributed by atoms with Crippen molar-refractivity contribution in [3.8, 4) is 0 Å². The van der Waals surface area contributed by atoms with Gasteiger partial charge in [0.2, 0.25) is 0 Å². The molecule has 28 heavy (non-hydrogen) atoms. The number of rotatable bonds is 8. The quantitative estimate of drug-likeness (QED) is 0.632. The second-order valence-corrected chi connectivity index (χ2v) is 6.48. The van der Waals surface area contributed by atoms with Crippen molar-refractivity contribution >= 4 is 17.6 Å². The monoisotopic (exact) mass is 384 g/mol. The fourth-order valence-corrected chi connectivity index (χ4v) is 3.17. The third-order valence-corrected chi connectivity index (χ3v) is 4.60. The first-order chi connectivity index (χ1) is 13.6. The van der Waals surface area contributed by atoms with E-state index in [2.05, 4.69) is 20.5 Å². The number of pyridine rings is 1. The lowest BCUT2D eigenvalue weighted by Crippen LogP contribution is -2.43. The third kappa shape index (κ3) is 5.51. The van der Waals surface area contributed by atoms with E-state index in [0.717, 1.165) is 18.7 Å². The average Bonchev–Trinajstić information content (AvgIpc) is 2.74. The van der Waals surface area contributed by atoms with Crippen LogP contribution in [0.4, 0.5) is 5.69 Å². The van der Waals surface area contributed by atoms with Crippen LogP contribution in [-0.4, -0.2) is 66.3 Å². The number of carboxylic acid groups (broad SMARTS) is 1. The zero-order valence-corrected chi connectivity index (χ0v) is 15.5. The molecular formula is C20H24N4O4. The first-order valence-electron chi connectivity index (χ1n) is 9.19. The normalized spacial score (nSPS) is 15.6. The maximum absolute atomic E-state index is 12.6. The molecule has 1 fully saturated rings. The second-order valence-electron chi connectivity index (χ2n) is 6.48. The van der Waals surface area contributed by atoms with Gasteiger partial charge >= 0.3 is 5.97 Å². The van der Waals surface area contributed by atoms with Gasteiger partial charge in [-0.05, 0) is 35.9 Å². The molecule has 148 valence electrons. The number of carbonyl (C=O) groups excluding carboxylic acids is 1. The van der Waals surface area contributed by atoms with Gasteiger partial charge < -0.3 is 20.5 Å². The Morgan fingerprint density at radius 3 is 2.64 bits per heavy atom. The number of aliphatic carboxylic acids is 1. The molecule has 1 saturated heterocycles. The summed E-state index contributed by atoms with van der Waals surface area (Å²) in [5, 5.41) is 14.5. The van der Waals surface area contributed by atoms with Gasteiger partial charge in [0.05, 0.1) is 19.3 Å². The van der Waals surface area contributed by atoms with E-state index in [1.165, 1.54) is 0 Å². The standard InChI is InChI=1S/C20H24N4O4/c25-19(26)14-22-17-3-1-2-16(12-17)20(27)23-13-18(15-4-6-21-7-5-15)24-8-10-28-11-9-24/h1-7,12,18,22H,8-11,13-14H2,(H,23,27)(H,25,26)/t18-/m0/s1. The predicted octanol–water partition coefficient (Wildman–Crippen LogP) is 1.38. The van der Waals surface area contributed by atoms with Crippen LogP contribution in [0, 0.1) is 0 Å². The average molecular weight is 384 g/mol. The molecule has 3 rings (SSSR count). The summed E-state index contributed by atoms with van der Waals surface area (Å²) in [6.07, 6.45) is 3.50. The number of morpholine rings is 1. The fourth-order valence-electron chi connectivity index (χ4n) is 3.17. The number of hydrogen-bond donors (Lipinski definition) is 3. The molecule has 3 N–H and O–H groups in total. The van der Waals surface area contributed by atoms with Gasteiger partial charge in [-0.2, -0.15) is 0 Å². The zero-order chi connectivity index (χ0) is 19.8. The van der Waals surface area contributed by atoms with Crippen molar-refractivity contribution in [2.45, 2.75) is 6.04 Å². The predicted molar refractivity (Wildman–Crippen MR) is 104 cm³/mol. The molecule has 1 aromatic heterocycles. The van der Waals surface area contributed by atoms with Crippen molar-refractivity contribution < 1.29 is 19.4 Å². The Morgan fingerprint density at radius 1 is 1.18 bits per heavy atom. The fraction of sp³-hybridized carbons (Fsp3) is 0.350. The van der Waals surface area contributed by atoms with Gasteiger partial charge in [0, 0.05) is 43.3 Å². The smallest absolute Gasteiger partial charge is 0.322 e. The maximum atomic E-state index is 12.6. The number of anilines is 1. The molecule has 0 bridgehead atoms. The molecule has 8 heteroatoms. The molecule has 2 heterocycles. The summed E-state index contributed by atoms with van der Waals surface area (Å²) in [5.41, 5.74) is 2.16. The van der Waals surface area contributed by atoms with Crippen LogP contribution in [0.25, 0.3) is 0 Å². The third-order valence-electron chi connectivity index (χ3n) is 4.60. The number of hydrogen-bond acceptors (Lipinski definition) is 6. The van der Waals surface area contributed by atoms with Crippen molar-refractivity contribution in [1.29, 1.82) is 0 Å². The molecule has 1 aliphatic heterocycles. The summed E-state index contributed by atoms with van der Waals surface area (Å²) in [6.45, 7) is 3.20. The van der Waals surface area contributed by atoms with Crippen molar-refractivity contribution in [3.63, 3.8) is 0 Å². The van der Waals surface area contributed by atoms with E-state index >= 15 is 0 Å². The van der Waals surface area contributed by atoms with E-state index in [1.807, 2.05) is 12.1 Å².